The highest BCUT2D eigenvalue weighted by Crippen LogP contribution is 2.33. The number of likely N-dealkylation sites (tertiary alicyclic amines) is 1. The molecule has 0 bridgehead atoms. The maximum atomic E-state index is 5.75. The Kier molecular flexibility index (Phi) is 4.89. The van der Waals surface area contributed by atoms with Crippen LogP contribution in [0.5, 0.6) is 11.5 Å². The average Bonchev–Trinajstić information content (AvgIpc) is 3.03. The highest BCUT2D eigenvalue weighted by atomic mass is 32.1. The maximum absolute atomic E-state index is 5.75. The van der Waals surface area contributed by atoms with Gasteiger partial charge in [-0.2, -0.15) is 0 Å². The van der Waals surface area contributed by atoms with Crippen molar-refractivity contribution < 1.29 is 18.9 Å². The Balaban J connectivity index is 1.63. The van der Waals surface area contributed by atoms with E-state index < -0.39 is 0 Å². The van der Waals surface area contributed by atoms with Gasteiger partial charge in [0, 0.05) is 32.0 Å². The van der Waals surface area contributed by atoms with E-state index in [0.29, 0.717) is 18.3 Å². The van der Waals surface area contributed by atoms with Gasteiger partial charge in [0.2, 0.25) is 0 Å². The molecule has 1 N–H and O–H groups in total. The van der Waals surface area contributed by atoms with Gasteiger partial charge in [0.25, 0.3) is 0 Å². The molecule has 2 saturated heterocycles. The zero-order valence-electron chi connectivity index (χ0n) is 13.5. The molecule has 23 heavy (non-hydrogen) atoms. The molecule has 0 aromatic heterocycles. The van der Waals surface area contributed by atoms with Crippen LogP contribution in [0.25, 0.3) is 0 Å². The van der Waals surface area contributed by atoms with Crippen LogP contribution >= 0.6 is 12.2 Å². The van der Waals surface area contributed by atoms with E-state index in [1.165, 1.54) is 0 Å². The smallest absolute Gasteiger partial charge is 0.173 e. The van der Waals surface area contributed by atoms with Crippen molar-refractivity contribution >= 4 is 23.0 Å². The van der Waals surface area contributed by atoms with Crippen LogP contribution in [-0.2, 0) is 9.47 Å². The van der Waals surface area contributed by atoms with Crippen LogP contribution in [0.4, 0.5) is 5.69 Å². The molecule has 1 aromatic rings. The van der Waals surface area contributed by atoms with Crippen LogP contribution in [0.15, 0.2) is 18.2 Å². The highest BCUT2D eigenvalue weighted by molar-refractivity contribution is 7.80. The lowest BCUT2D eigenvalue weighted by Crippen LogP contribution is -2.48. The number of thiocarbonyl (C=S) groups is 1. The molecule has 2 aliphatic rings. The second kappa shape index (κ2) is 6.90. The van der Waals surface area contributed by atoms with Crippen molar-refractivity contribution in [2.24, 2.45) is 0 Å². The number of methoxy groups -OCH3 is 2. The first-order chi connectivity index (χ1) is 11.2. The average molecular weight is 338 g/mol. The van der Waals surface area contributed by atoms with Crippen molar-refractivity contribution in [1.82, 2.24) is 4.90 Å². The number of rotatable bonds is 3. The molecule has 3 rings (SSSR count). The third-order valence-corrected chi connectivity index (χ3v) is 4.63. The fourth-order valence-corrected chi connectivity index (χ4v) is 3.23. The summed E-state index contributed by atoms with van der Waals surface area (Å²) in [7, 11) is 3.27. The fraction of sp³-hybridized carbons (Fsp3) is 0.562. The minimum atomic E-state index is -0.389. The summed E-state index contributed by atoms with van der Waals surface area (Å²) in [4.78, 5) is 2.13. The summed E-state index contributed by atoms with van der Waals surface area (Å²) >= 11 is 5.54. The van der Waals surface area contributed by atoms with Gasteiger partial charge in [0.05, 0.1) is 33.1 Å². The summed E-state index contributed by atoms with van der Waals surface area (Å²) in [5.41, 5.74) is 0.797. The van der Waals surface area contributed by atoms with Gasteiger partial charge in [-0.15, -0.1) is 0 Å². The molecule has 0 aliphatic carbocycles. The first-order valence-electron chi connectivity index (χ1n) is 7.72. The molecule has 1 spiro atoms. The standard InChI is InChI=1S/C16H22N2O4S/c1-19-12-3-4-14(20-2)13(11-12)17-15(23)18-7-5-16(6-8-18)21-9-10-22-16/h3-4,11H,5-10H2,1-2H3,(H,17,23). The monoisotopic (exact) mass is 338 g/mol. The Bertz CT molecular complexity index is 565. The lowest BCUT2D eigenvalue weighted by Gasteiger charge is -2.38. The first-order valence-corrected chi connectivity index (χ1v) is 8.12. The van der Waals surface area contributed by atoms with Gasteiger partial charge in [0.1, 0.15) is 11.5 Å². The van der Waals surface area contributed by atoms with Crippen molar-refractivity contribution in [2.75, 3.05) is 45.8 Å². The number of ether oxygens (including phenoxy) is 4. The van der Waals surface area contributed by atoms with Crippen LogP contribution in [0.3, 0.4) is 0 Å². The predicted octanol–water partition coefficient (Wildman–Crippen LogP) is 2.24. The zero-order valence-corrected chi connectivity index (χ0v) is 14.3. The Labute approximate surface area is 141 Å². The minimum absolute atomic E-state index is 0.389. The molecule has 2 heterocycles. The second-order valence-corrected chi connectivity index (χ2v) is 5.98. The van der Waals surface area contributed by atoms with E-state index in [4.69, 9.17) is 31.2 Å². The van der Waals surface area contributed by atoms with Crippen LogP contribution in [0.1, 0.15) is 12.8 Å². The molecule has 126 valence electrons. The maximum Gasteiger partial charge on any atom is 0.173 e. The van der Waals surface area contributed by atoms with E-state index in [9.17, 15) is 0 Å². The van der Waals surface area contributed by atoms with Crippen LogP contribution < -0.4 is 14.8 Å². The number of benzene rings is 1. The molecule has 2 fully saturated rings. The van der Waals surface area contributed by atoms with E-state index in [2.05, 4.69) is 10.2 Å². The van der Waals surface area contributed by atoms with Crippen molar-refractivity contribution in [3.63, 3.8) is 0 Å². The largest absolute Gasteiger partial charge is 0.497 e. The number of hydrogen-bond donors (Lipinski definition) is 1. The van der Waals surface area contributed by atoms with Gasteiger partial charge in [-0.3, -0.25) is 0 Å². The van der Waals surface area contributed by atoms with Gasteiger partial charge in [-0.25, -0.2) is 0 Å². The van der Waals surface area contributed by atoms with E-state index >= 15 is 0 Å². The van der Waals surface area contributed by atoms with Crippen LogP contribution in [0, 0.1) is 0 Å². The highest BCUT2D eigenvalue weighted by Gasteiger charge is 2.40. The normalized spacial score (nSPS) is 19.7. The molecule has 2 aliphatic heterocycles. The molecular formula is C16H22N2O4S. The number of nitrogens with one attached hydrogen (secondary N) is 1. The molecule has 1 aromatic carbocycles. The number of anilines is 1. The van der Waals surface area contributed by atoms with Crippen molar-refractivity contribution in [2.45, 2.75) is 18.6 Å². The van der Waals surface area contributed by atoms with E-state index in [-0.39, 0.29) is 5.79 Å². The molecule has 0 saturated carbocycles. The molecule has 7 heteroatoms. The van der Waals surface area contributed by atoms with E-state index in [0.717, 1.165) is 43.1 Å². The summed E-state index contributed by atoms with van der Waals surface area (Å²) in [5.74, 6) is 1.09. The Morgan fingerprint density at radius 2 is 1.87 bits per heavy atom. The summed E-state index contributed by atoms with van der Waals surface area (Å²) in [6.07, 6.45) is 1.65. The first kappa shape index (κ1) is 16.3. The molecule has 0 unspecified atom stereocenters. The van der Waals surface area contributed by atoms with Gasteiger partial charge in [-0.05, 0) is 24.4 Å². The van der Waals surface area contributed by atoms with Gasteiger partial charge < -0.3 is 29.2 Å². The Morgan fingerprint density at radius 3 is 2.48 bits per heavy atom. The molecule has 0 amide bonds. The van der Waals surface area contributed by atoms with Crippen molar-refractivity contribution in [3.8, 4) is 11.5 Å². The molecule has 0 atom stereocenters. The topological polar surface area (TPSA) is 52.2 Å². The third kappa shape index (κ3) is 3.52. The quantitative estimate of drug-likeness (QED) is 0.848. The van der Waals surface area contributed by atoms with Crippen LogP contribution in [-0.4, -0.2) is 56.3 Å². The number of hydrogen-bond acceptors (Lipinski definition) is 5. The van der Waals surface area contributed by atoms with Gasteiger partial charge in [0.15, 0.2) is 10.9 Å². The summed E-state index contributed by atoms with van der Waals surface area (Å²) in [6.45, 7) is 2.98. The lowest BCUT2D eigenvalue weighted by molar-refractivity contribution is -0.180. The summed E-state index contributed by atoms with van der Waals surface area (Å²) in [5, 5.41) is 3.93. The van der Waals surface area contributed by atoms with Crippen LogP contribution in [0.2, 0.25) is 0 Å². The SMILES string of the molecule is COc1ccc(OC)c(NC(=S)N2CCC3(CC2)OCCO3)c1. The Hall–Kier alpha value is -1.57. The molecule has 6 nitrogen and oxygen atoms in total. The summed E-state index contributed by atoms with van der Waals surface area (Å²) < 4.78 is 22.1. The van der Waals surface area contributed by atoms with E-state index in [1.54, 1.807) is 14.2 Å². The van der Waals surface area contributed by atoms with Crippen molar-refractivity contribution in [3.05, 3.63) is 18.2 Å². The lowest BCUT2D eigenvalue weighted by atomic mass is 10.0. The van der Waals surface area contributed by atoms with E-state index in [1.807, 2.05) is 18.2 Å². The number of nitrogens with zero attached hydrogens (tertiary/aromatic N) is 1. The third-order valence-electron chi connectivity index (χ3n) is 4.27. The minimum Gasteiger partial charge on any atom is -0.497 e. The molecular weight excluding hydrogens is 316 g/mol. The van der Waals surface area contributed by atoms with Gasteiger partial charge >= 0.3 is 0 Å². The number of piperidine rings is 1. The second-order valence-electron chi connectivity index (χ2n) is 5.59. The zero-order chi connectivity index (χ0) is 16.3. The van der Waals surface area contributed by atoms with Crippen molar-refractivity contribution in [1.29, 1.82) is 0 Å². The summed E-state index contributed by atoms with van der Waals surface area (Å²) in [6, 6.07) is 5.58. The fourth-order valence-electron chi connectivity index (χ4n) is 2.94. The predicted molar refractivity (Wildman–Crippen MR) is 91.2 cm³/mol. The Morgan fingerprint density at radius 1 is 1.17 bits per heavy atom. The van der Waals surface area contributed by atoms with Gasteiger partial charge in [-0.1, -0.05) is 0 Å². The molecule has 0 radical (unpaired) electrons.